The van der Waals surface area contributed by atoms with Gasteiger partial charge in [-0.2, -0.15) is 0 Å². The summed E-state index contributed by atoms with van der Waals surface area (Å²) in [6.45, 7) is 3.40. The van der Waals surface area contributed by atoms with Crippen molar-refractivity contribution in [2.24, 2.45) is 0 Å². The van der Waals surface area contributed by atoms with Crippen LogP contribution in [0.1, 0.15) is 30.0 Å². The third-order valence-electron chi connectivity index (χ3n) is 5.16. The van der Waals surface area contributed by atoms with Gasteiger partial charge in [0.2, 0.25) is 0 Å². The Bertz CT molecular complexity index is 744. The number of fused-ring (bicyclic) bond motifs is 1. The summed E-state index contributed by atoms with van der Waals surface area (Å²) in [6.07, 6.45) is 2.44. The lowest BCUT2D eigenvalue weighted by molar-refractivity contribution is 0.170. The van der Waals surface area contributed by atoms with Crippen LogP contribution in [0.4, 0.5) is 5.69 Å². The second-order valence-corrected chi connectivity index (χ2v) is 7.05. The molecule has 0 aliphatic carbocycles. The molecule has 2 aliphatic rings. The van der Waals surface area contributed by atoms with Crippen molar-refractivity contribution in [3.05, 3.63) is 53.6 Å². The zero-order chi connectivity index (χ0) is 17.2. The lowest BCUT2D eigenvalue weighted by atomic mass is 10.0. The first-order chi connectivity index (χ1) is 12.2. The van der Waals surface area contributed by atoms with Crippen molar-refractivity contribution in [3.8, 4) is 11.5 Å². The van der Waals surface area contributed by atoms with E-state index in [-0.39, 0.29) is 0 Å². The molecule has 0 saturated carbocycles. The maximum absolute atomic E-state index is 5.78. The van der Waals surface area contributed by atoms with Crippen LogP contribution in [-0.4, -0.2) is 38.8 Å². The predicted octanol–water partition coefficient (Wildman–Crippen LogP) is 3.86. The van der Waals surface area contributed by atoms with Crippen LogP contribution >= 0.6 is 0 Å². The molecule has 4 nitrogen and oxygen atoms in total. The van der Waals surface area contributed by atoms with Crippen LogP contribution in [0.15, 0.2) is 42.5 Å². The van der Waals surface area contributed by atoms with Gasteiger partial charge in [-0.15, -0.1) is 0 Å². The molecular weight excluding hydrogens is 312 g/mol. The smallest absolute Gasteiger partial charge is 0.161 e. The van der Waals surface area contributed by atoms with Crippen molar-refractivity contribution in [1.82, 2.24) is 4.90 Å². The first kappa shape index (κ1) is 16.3. The van der Waals surface area contributed by atoms with E-state index in [1.165, 1.54) is 29.7 Å². The average molecular weight is 338 g/mol. The van der Waals surface area contributed by atoms with Crippen molar-refractivity contribution in [3.63, 3.8) is 0 Å². The maximum atomic E-state index is 5.78. The van der Waals surface area contributed by atoms with Crippen molar-refractivity contribution in [1.29, 1.82) is 0 Å². The number of para-hydroxylation sites is 1. The van der Waals surface area contributed by atoms with Crippen LogP contribution in [0.25, 0.3) is 0 Å². The third-order valence-corrected chi connectivity index (χ3v) is 5.16. The normalized spacial score (nSPS) is 19.8. The van der Waals surface area contributed by atoms with E-state index in [9.17, 15) is 0 Å². The molecule has 0 aromatic heterocycles. The van der Waals surface area contributed by atoms with Gasteiger partial charge >= 0.3 is 0 Å². The molecule has 0 N–H and O–H groups in total. The Morgan fingerprint density at radius 2 is 1.84 bits per heavy atom. The molecule has 2 aromatic rings. The van der Waals surface area contributed by atoms with Gasteiger partial charge in [0, 0.05) is 32.4 Å². The Morgan fingerprint density at radius 1 is 1.04 bits per heavy atom. The minimum absolute atomic E-state index is 0.450. The zero-order valence-electron chi connectivity index (χ0n) is 15.1. The van der Waals surface area contributed by atoms with E-state index in [2.05, 4.69) is 66.4 Å². The minimum Gasteiger partial charge on any atom is -0.486 e. The lowest BCUT2D eigenvalue weighted by Gasteiger charge is -2.28. The van der Waals surface area contributed by atoms with Crippen LogP contribution in [0.5, 0.6) is 11.5 Å². The molecule has 2 heterocycles. The van der Waals surface area contributed by atoms with E-state index < -0.39 is 0 Å². The van der Waals surface area contributed by atoms with Crippen LogP contribution in [-0.2, 0) is 6.54 Å². The van der Waals surface area contributed by atoms with Gasteiger partial charge in [0.15, 0.2) is 11.5 Å². The second-order valence-electron chi connectivity index (χ2n) is 7.05. The summed E-state index contributed by atoms with van der Waals surface area (Å²) in [6, 6.07) is 15.6. The Hall–Kier alpha value is -2.20. The molecule has 1 atom stereocenters. The topological polar surface area (TPSA) is 24.9 Å². The Morgan fingerprint density at radius 3 is 2.68 bits per heavy atom. The standard InChI is InChI=1S/C21H26N2O2/c1-22(2)18-7-4-3-6-17(18)15-23-11-5-8-19(23)16-9-10-20-21(14-16)25-13-12-24-20/h3-4,6-7,9-10,14,19H,5,8,11-13,15H2,1-2H3. The van der Waals surface area contributed by atoms with Gasteiger partial charge in [-0.25, -0.2) is 0 Å². The summed E-state index contributed by atoms with van der Waals surface area (Å²) in [5.74, 6) is 1.77. The summed E-state index contributed by atoms with van der Waals surface area (Å²) >= 11 is 0. The fourth-order valence-corrected chi connectivity index (χ4v) is 3.96. The van der Waals surface area contributed by atoms with Crippen molar-refractivity contribution >= 4 is 5.69 Å². The van der Waals surface area contributed by atoms with Crippen LogP contribution < -0.4 is 14.4 Å². The molecule has 2 aliphatic heterocycles. The molecule has 25 heavy (non-hydrogen) atoms. The zero-order valence-corrected chi connectivity index (χ0v) is 15.1. The summed E-state index contributed by atoms with van der Waals surface area (Å²) < 4.78 is 11.4. The highest BCUT2D eigenvalue weighted by Crippen LogP contribution is 2.39. The monoisotopic (exact) mass is 338 g/mol. The summed E-state index contributed by atoms with van der Waals surface area (Å²) in [5, 5.41) is 0. The second kappa shape index (κ2) is 6.96. The van der Waals surface area contributed by atoms with Crippen LogP contribution in [0.2, 0.25) is 0 Å². The Kier molecular flexibility index (Phi) is 4.53. The maximum Gasteiger partial charge on any atom is 0.161 e. The number of likely N-dealkylation sites (tertiary alicyclic amines) is 1. The van der Waals surface area contributed by atoms with E-state index in [1.54, 1.807) is 0 Å². The number of anilines is 1. The van der Waals surface area contributed by atoms with Crippen molar-refractivity contribution < 1.29 is 9.47 Å². The molecule has 4 heteroatoms. The minimum atomic E-state index is 0.450. The molecule has 0 radical (unpaired) electrons. The van der Waals surface area contributed by atoms with E-state index in [1.807, 2.05) is 0 Å². The van der Waals surface area contributed by atoms with Gasteiger partial charge in [0.05, 0.1) is 0 Å². The van der Waals surface area contributed by atoms with E-state index in [0.717, 1.165) is 24.6 Å². The molecule has 4 rings (SSSR count). The van der Waals surface area contributed by atoms with Gasteiger partial charge < -0.3 is 14.4 Å². The average Bonchev–Trinajstić information content (AvgIpc) is 3.10. The highest BCUT2D eigenvalue weighted by Gasteiger charge is 2.28. The molecule has 0 bridgehead atoms. The van der Waals surface area contributed by atoms with Gasteiger partial charge in [0.1, 0.15) is 13.2 Å². The number of hydrogen-bond acceptors (Lipinski definition) is 4. The number of hydrogen-bond donors (Lipinski definition) is 0. The van der Waals surface area contributed by atoms with Gasteiger partial charge in [0.25, 0.3) is 0 Å². The largest absolute Gasteiger partial charge is 0.486 e. The van der Waals surface area contributed by atoms with Crippen LogP contribution in [0.3, 0.4) is 0 Å². The predicted molar refractivity (Wildman–Crippen MR) is 101 cm³/mol. The molecule has 132 valence electrons. The quantitative estimate of drug-likeness (QED) is 0.845. The number of benzene rings is 2. The molecule has 0 spiro atoms. The molecule has 1 fully saturated rings. The fourth-order valence-electron chi connectivity index (χ4n) is 3.96. The van der Waals surface area contributed by atoms with Crippen molar-refractivity contribution in [2.45, 2.75) is 25.4 Å². The molecule has 1 saturated heterocycles. The first-order valence-electron chi connectivity index (χ1n) is 9.11. The molecule has 2 aromatic carbocycles. The molecular formula is C21H26N2O2. The van der Waals surface area contributed by atoms with Gasteiger partial charge in [-0.05, 0) is 48.7 Å². The summed E-state index contributed by atoms with van der Waals surface area (Å²) in [7, 11) is 4.22. The van der Waals surface area contributed by atoms with Gasteiger partial charge in [-0.3, -0.25) is 4.90 Å². The Labute approximate surface area is 150 Å². The van der Waals surface area contributed by atoms with E-state index in [4.69, 9.17) is 9.47 Å². The van der Waals surface area contributed by atoms with Gasteiger partial charge in [-0.1, -0.05) is 24.3 Å². The molecule has 1 unspecified atom stereocenters. The molecule has 0 amide bonds. The van der Waals surface area contributed by atoms with E-state index in [0.29, 0.717) is 19.3 Å². The number of rotatable bonds is 4. The fraction of sp³-hybridized carbons (Fsp3) is 0.429. The third kappa shape index (κ3) is 3.31. The number of ether oxygens (including phenoxy) is 2. The Balaban J connectivity index is 1.57. The van der Waals surface area contributed by atoms with Crippen LogP contribution in [0, 0.1) is 0 Å². The highest BCUT2D eigenvalue weighted by molar-refractivity contribution is 5.52. The first-order valence-corrected chi connectivity index (χ1v) is 9.11. The van der Waals surface area contributed by atoms with E-state index >= 15 is 0 Å². The summed E-state index contributed by atoms with van der Waals surface area (Å²) in [5.41, 5.74) is 4.02. The van der Waals surface area contributed by atoms with Crippen molar-refractivity contribution in [2.75, 3.05) is 38.8 Å². The summed E-state index contributed by atoms with van der Waals surface area (Å²) in [4.78, 5) is 4.79. The highest BCUT2D eigenvalue weighted by atomic mass is 16.6. The lowest BCUT2D eigenvalue weighted by Crippen LogP contribution is -2.24. The number of nitrogens with zero attached hydrogens (tertiary/aromatic N) is 2. The SMILES string of the molecule is CN(C)c1ccccc1CN1CCCC1c1ccc2c(c1)OCCO2.